The van der Waals surface area contributed by atoms with Crippen LogP contribution in [0.15, 0.2) is 46.9 Å². The summed E-state index contributed by atoms with van der Waals surface area (Å²) in [5, 5.41) is 0. The van der Waals surface area contributed by atoms with Crippen molar-refractivity contribution < 1.29 is 9.59 Å². The fourth-order valence-electron chi connectivity index (χ4n) is 2.14. The van der Waals surface area contributed by atoms with Crippen molar-refractivity contribution in [2.24, 2.45) is 0 Å². The highest BCUT2D eigenvalue weighted by Crippen LogP contribution is 2.30. The van der Waals surface area contributed by atoms with E-state index in [-0.39, 0.29) is 11.8 Å². The van der Waals surface area contributed by atoms with Crippen molar-refractivity contribution in [2.45, 2.75) is 6.92 Å². The molecule has 0 unspecified atom stereocenters. The van der Waals surface area contributed by atoms with Crippen LogP contribution in [0.2, 0.25) is 0 Å². The average molecular weight is 316 g/mol. The number of fused-ring (bicyclic) bond motifs is 1. The molecule has 0 bridgehead atoms. The van der Waals surface area contributed by atoms with Crippen LogP contribution in [-0.4, -0.2) is 11.8 Å². The Labute approximate surface area is 119 Å². The zero-order chi connectivity index (χ0) is 13.6. The third kappa shape index (κ3) is 1.79. The van der Waals surface area contributed by atoms with Crippen LogP contribution in [0.5, 0.6) is 0 Å². The van der Waals surface area contributed by atoms with Gasteiger partial charge in [-0.2, -0.15) is 0 Å². The number of benzene rings is 2. The van der Waals surface area contributed by atoms with Gasteiger partial charge in [-0.3, -0.25) is 9.59 Å². The van der Waals surface area contributed by atoms with Crippen LogP contribution < -0.4 is 4.90 Å². The molecule has 94 valence electrons. The number of nitrogens with zero attached hydrogens (tertiary/aromatic N) is 1. The van der Waals surface area contributed by atoms with Gasteiger partial charge in [0, 0.05) is 4.47 Å². The van der Waals surface area contributed by atoms with Crippen molar-refractivity contribution in [1.82, 2.24) is 0 Å². The van der Waals surface area contributed by atoms with Crippen LogP contribution in [-0.2, 0) is 0 Å². The van der Waals surface area contributed by atoms with Gasteiger partial charge in [0.25, 0.3) is 11.8 Å². The van der Waals surface area contributed by atoms with E-state index in [1.807, 2.05) is 13.0 Å². The molecule has 0 aliphatic carbocycles. The highest BCUT2D eigenvalue weighted by Gasteiger charge is 2.36. The summed E-state index contributed by atoms with van der Waals surface area (Å²) in [6.45, 7) is 1.95. The van der Waals surface area contributed by atoms with E-state index in [0.29, 0.717) is 16.8 Å². The lowest BCUT2D eigenvalue weighted by Crippen LogP contribution is -2.29. The molecule has 2 aromatic carbocycles. The molecule has 3 rings (SSSR count). The Hall–Kier alpha value is -1.94. The molecule has 0 fully saturated rings. The van der Waals surface area contributed by atoms with E-state index in [2.05, 4.69) is 15.9 Å². The maximum absolute atomic E-state index is 12.3. The van der Waals surface area contributed by atoms with Gasteiger partial charge in [0.1, 0.15) is 0 Å². The molecule has 1 aliphatic rings. The molecule has 2 amide bonds. The molecule has 3 nitrogen and oxygen atoms in total. The van der Waals surface area contributed by atoms with E-state index in [9.17, 15) is 9.59 Å². The van der Waals surface area contributed by atoms with Crippen molar-refractivity contribution in [3.8, 4) is 0 Å². The molecule has 1 aliphatic heterocycles. The normalized spacial score (nSPS) is 13.9. The SMILES string of the molecule is Cc1ccc(N2C(=O)c3ccccc3C2=O)cc1Br. The van der Waals surface area contributed by atoms with Crippen LogP contribution in [0.3, 0.4) is 0 Å². The lowest BCUT2D eigenvalue weighted by molar-refractivity contribution is 0.0926. The summed E-state index contributed by atoms with van der Waals surface area (Å²) in [7, 11) is 0. The number of halogens is 1. The maximum atomic E-state index is 12.3. The van der Waals surface area contributed by atoms with E-state index in [0.717, 1.165) is 10.0 Å². The summed E-state index contributed by atoms with van der Waals surface area (Å²) < 4.78 is 0.876. The average Bonchev–Trinajstić information content (AvgIpc) is 2.66. The number of aryl methyl sites for hydroxylation is 1. The maximum Gasteiger partial charge on any atom is 0.266 e. The monoisotopic (exact) mass is 315 g/mol. The van der Waals surface area contributed by atoms with Crippen molar-refractivity contribution in [3.63, 3.8) is 0 Å². The highest BCUT2D eigenvalue weighted by molar-refractivity contribution is 9.10. The lowest BCUT2D eigenvalue weighted by atomic mass is 10.1. The molecule has 0 spiro atoms. The summed E-state index contributed by atoms with van der Waals surface area (Å²) in [6.07, 6.45) is 0. The molecule has 0 saturated heterocycles. The van der Waals surface area contributed by atoms with Crippen LogP contribution in [0.25, 0.3) is 0 Å². The lowest BCUT2D eigenvalue weighted by Gasteiger charge is -2.14. The zero-order valence-corrected chi connectivity index (χ0v) is 11.8. The zero-order valence-electron chi connectivity index (χ0n) is 10.2. The fourth-order valence-corrected chi connectivity index (χ4v) is 2.51. The van der Waals surface area contributed by atoms with Gasteiger partial charge < -0.3 is 0 Å². The summed E-state index contributed by atoms with van der Waals surface area (Å²) in [6, 6.07) is 12.3. The van der Waals surface area contributed by atoms with Gasteiger partial charge in [-0.05, 0) is 36.8 Å². The van der Waals surface area contributed by atoms with Gasteiger partial charge in [-0.1, -0.05) is 34.1 Å². The number of anilines is 1. The first kappa shape index (κ1) is 12.1. The summed E-state index contributed by atoms with van der Waals surface area (Å²) in [5.41, 5.74) is 2.57. The van der Waals surface area contributed by atoms with Crippen LogP contribution in [0.4, 0.5) is 5.69 Å². The van der Waals surface area contributed by atoms with Gasteiger partial charge in [-0.15, -0.1) is 0 Å². The van der Waals surface area contributed by atoms with Crippen molar-refractivity contribution in [1.29, 1.82) is 0 Å². The minimum Gasteiger partial charge on any atom is -0.268 e. The third-order valence-corrected chi connectivity index (χ3v) is 4.06. The number of amides is 2. The molecule has 19 heavy (non-hydrogen) atoms. The molecule has 0 radical (unpaired) electrons. The van der Waals surface area contributed by atoms with Crippen LogP contribution in [0, 0.1) is 6.92 Å². The van der Waals surface area contributed by atoms with E-state index in [1.165, 1.54) is 4.90 Å². The minimum absolute atomic E-state index is 0.267. The van der Waals surface area contributed by atoms with Crippen LogP contribution >= 0.6 is 15.9 Å². The van der Waals surface area contributed by atoms with Crippen LogP contribution in [0.1, 0.15) is 26.3 Å². The Bertz CT molecular complexity index is 674. The predicted octanol–water partition coefficient (Wildman–Crippen LogP) is 3.56. The van der Waals surface area contributed by atoms with Crippen molar-refractivity contribution in [2.75, 3.05) is 4.90 Å². The van der Waals surface area contributed by atoms with E-state index >= 15 is 0 Å². The molecule has 0 atom stereocenters. The number of hydrogen-bond donors (Lipinski definition) is 0. The number of carbonyl (C=O) groups excluding carboxylic acids is 2. The van der Waals surface area contributed by atoms with Crippen molar-refractivity contribution >= 4 is 33.4 Å². The Morgan fingerprint density at radius 1 is 0.947 bits per heavy atom. The van der Waals surface area contributed by atoms with Gasteiger partial charge in [0.15, 0.2) is 0 Å². The predicted molar refractivity (Wildman–Crippen MR) is 76.5 cm³/mol. The minimum atomic E-state index is -0.267. The molecule has 1 heterocycles. The number of hydrogen-bond acceptors (Lipinski definition) is 2. The summed E-state index contributed by atoms with van der Waals surface area (Å²) in [4.78, 5) is 25.8. The standard InChI is InChI=1S/C15H10BrNO2/c1-9-6-7-10(8-13(9)16)17-14(18)11-4-2-3-5-12(11)15(17)19/h2-8H,1H3. The molecule has 2 aromatic rings. The summed E-state index contributed by atoms with van der Waals surface area (Å²) in [5.74, 6) is -0.535. The first-order valence-corrected chi connectivity index (χ1v) is 6.63. The third-order valence-electron chi connectivity index (χ3n) is 3.21. The van der Waals surface area contributed by atoms with Gasteiger partial charge >= 0.3 is 0 Å². The Morgan fingerprint density at radius 3 is 2.05 bits per heavy atom. The van der Waals surface area contributed by atoms with E-state index in [4.69, 9.17) is 0 Å². The van der Waals surface area contributed by atoms with E-state index in [1.54, 1.807) is 36.4 Å². The molecule has 0 aromatic heterocycles. The number of rotatable bonds is 1. The quantitative estimate of drug-likeness (QED) is 0.755. The van der Waals surface area contributed by atoms with Gasteiger partial charge in [-0.25, -0.2) is 4.90 Å². The Kier molecular flexibility index (Phi) is 2.75. The Morgan fingerprint density at radius 2 is 1.53 bits per heavy atom. The Balaban J connectivity index is 2.11. The fraction of sp³-hybridized carbons (Fsp3) is 0.0667. The molecule has 0 N–H and O–H groups in total. The summed E-state index contributed by atoms with van der Waals surface area (Å²) >= 11 is 3.42. The number of imide groups is 1. The smallest absolute Gasteiger partial charge is 0.266 e. The number of carbonyl (C=O) groups is 2. The van der Waals surface area contributed by atoms with Gasteiger partial charge in [0.2, 0.25) is 0 Å². The molecule has 0 saturated carbocycles. The second-order valence-electron chi connectivity index (χ2n) is 4.42. The van der Waals surface area contributed by atoms with Gasteiger partial charge in [0.05, 0.1) is 16.8 Å². The largest absolute Gasteiger partial charge is 0.268 e. The molecular formula is C15H10BrNO2. The molecular weight excluding hydrogens is 306 g/mol. The van der Waals surface area contributed by atoms with Crippen molar-refractivity contribution in [3.05, 3.63) is 63.6 Å². The second kappa shape index (κ2) is 4.31. The molecule has 4 heteroatoms. The second-order valence-corrected chi connectivity index (χ2v) is 5.28. The topological polar surface area (TPSA) is 37.4 Å². The van der Waals surface area contributed by atoms with E-state index < -0.39 is 0 Å². The highest BCUT2D eigenvalue weighted by atomic mass is 79.9. The first-order valence-electron chi connectivity index (χ1n) is 5.83. The first-order chi connectivity index (χ1) is 9.09.